The van der Waals surface area contributed by atoms with E-state index in [1.807, 2.05) is 11.8 Å². The molecule has 2 rings (SSSR count). The van der Waals surface area contributed by atoms with Gasteiger partial charge in [-0.15, -0.1) is 0 Å². The molecule has 1 aromatic carbocycles. The van der Waals surface area contributed by atoms with Crippen molar-refractivity contribution in [1.29, 1.82) is 0 Å². The van der Waals surface area contributed by atoms with Gasteiger partial charge in [-0.25, -0.2) is 0 Å². The summed E-state index contributed by atoms with van der Waals surface area (Å²) in [5.41, 5.74) is 0.187. The summed E-state index contributed by atoms with van der Waals surface area (Å²) in [7, 11) is 1.71. The Morgan fingerprint density at radius 2 is 2.10 bits per heavy atom. The number of thioether (sulfide) groups is 1. The fraction of sp³-hybridized carbons (Fsp3) is 0.500. The van der Waals surface area contributed by atoms with E-state index in [0.29, 0.717) is 22.2 Å². The molecule has 0 aromatic heterocycles. The molecule has 110 valence electrons. The first-order chi connectivity index (χ1) is 9.56. The molecule has 1 amide bonds. The molecule has 3 nitrogen and oxygen atoms in total. The zero-order valence-corrected chi connectivity index (χ0v) is 13.6. The molecule has 6 heteroatoms. The maximum absolute atomic E-state index is 12.2. The first kappa shape index (κ1) is 16.0. The summed E-state index contributed by atoms with van der Waals surface area (Å²) in [6.07, 6.45) is 1.89. The van der Waals surface area contributed by atoms with Crippen LogP contribution in [0, 0.1) is 0 Å². The number of carbonyl (C=O) groups is 1. The van der Waals surface area contributed by atoms with E-state index < -0.39 is 0 Å². The molecule has 0 saturated carbocycles. The number of halogens is 2. The molecule has 0 unspecified atom stereocenters. The third-order valence-corrected chi connectivity index (χ3v) is 5.12. The molecule has 20 heavy (non-hydrogen) atoms. The third-order valence-electron chi connectivity index (χ3n) is 3.58. The molecular formula is C14H17Cl2NO2S. The van der Waals surface area contributed by atoms with Crippen molar-refractivity contribution in [3.8, 4) is 0 Å². The molecule has 1 aromatic rings. The molecule has 0 atom stereocenters. The summed E-state index contributed by atoms with van der Waals surface area (Å²) in [6, 6.07) is 4.86. The maximum Gasteiger partial charge on any atom is 0.252 e. The second kappa shape index (κ2) is 7.03. The van der Waals surface area contributed by atoms with Crippen molar-refractivity contribution in [3.63, 3.8) is 0 Å². The van der Waals surface area contributed by atoms with E-state index in [2.05, 4.69) is 5.32 Å². The lowest BCUT2D eigenvalue weighted by Gasteiger charge is -2.35. The Hall–Kier alpha value is -0.420. The van der Waals surface area contributed by atoms with Gasteiger partial charge in [0, 0.05) is 18.7 Å². The van der Waals surface area contributed by atoms with Crippen LogP contribution >= 0.6 is 35.0 Å². The van der Waals surface area contributed by atoms with Gasteiger partial charge in [0.05, 0.1) is 16.2 Å². The summed E-state index contributed by atoms with van der Waals surface area (Å²) in [6.45, 7) is 0.502. The standard InChI is InChI=1S/C14H17Cl2NO2S/c1-19-14(4-6-20-7-5-14)9-17-13(18)11-3-2-10(15)8-12(11)16/h2-3,8H,4-7,9H2,1H3,(H,17,18). The molecule has 0 bridgehead atoms. The van der Waals surface area contributed by atoms with E-state index in [1.54, 1.807) is 25.3 Å². The highest BCUT2D eigenvalue weighted by atomic mass is 35.5. The predicted molar refractivity (Wildman–Crippen MR) is 85.1 cm³/mol. The molecule has 1 fully saturated rings. The Bertz CT molecular complexity index is 490. The summed E-state index contributed by atoms with van der Waals surface area (Å²) in [5, 5.41) is 3.80. The number of rotatable bonds is 4. The van der Waals surface area contributed by atoms with E-state index >= 15 is 0 Å². The van der Waals surface area contributed by atoms with Gasteiger partial charge in [-0.2, -0.15) is 11.8 Å². The van der Waals surface area contributed by atoms with Gasteiger partial charge in [0.2, 0.25) is 0 Å². The van der Waals surface area contributed by atoms with Gasteiger partial charge in [-0.3, -0.25) is 4.79 Å². The SMILES string of the molecule is COC1(CNC(=O)c2ccc(Cl)cc2Cl)CCSCC1. The van der Waals surface area contributed by atoms with E-state index in [1.165, 1.54) is 0 Å². The minimum atomic E-state index is -0.250. The molecule has 1 N–H and O–H groups in total. The fourth-order valence-electron chi connectivity index (χ4n) is 2.21. The van der Waals surface area contributed by atoms with Gasteiger partial charge < -0.3 is 10.1 Å². The number of carbonyl (C=O) groups excluding carboxylic acids is 1. The smallest absolute Gasteiger partial charge is 0.252 e. The minimum Gasteiger partial charge on any atom is -0.376 e. The van der Waals surface area contributed by atoms with Gasteiger partial charge in [0.1, 0.15) is 0 Å². The number of hydrogen-bond donors (Lipinski definition) is 1. The van der Waals surface area contributed by atoms with Crippen LogP contribution in [0.5, 0.6) is 0 Å². The molecule has 1 aliphatic rings. The van der Waals surface area contributed by atoms with Gasteiger partial charge in [-0.05, 0) is 42.5 Å². The van der Waals surface area contributed by atoms with Crippen molar-refractivity contribution in [2.24, 2.45) is 0 Å². The van der Waals surface area contributed by atoms with Crippen molar-refractivity contribution in [1.82, 2.24) is 5.32 Å². The average molecular weight is 334 g/mol. The van der Waals surface area contributed by atoms with Crippen LogP contribution in [-0.2, 0) is 4.74 Å². The summed E-state index contributed by atoms with van der Waals surface area (Å²) in [4.78, 5) is 12.2. The van der Waals surface area contributed by atoms with Crippen LogP contribution in [0.1, 0.15) is 23.2 Å². The third kappa shape index (κ3) is 3.82. The normalized spacial score (nSPS) is 17.8. The molecule has 1 heterocycles. The first-order valence-electron chi connectivity index (χ1n) is 6.42. The predicted octanol–water partition coefficient (Wildman–Crippen LogP) is 3.64. The molecule has 1 saturated heterocycles. The number of methoxy groups -OCH3 is 1. The van der Waals surface area contributed by atoms with Crippen LogP contribution < -0.4 is 5.32 Å². The first-order valence-corrected chi connectivity index (χ1v) is 8.33. The highest BCUT2D eigenvalue weighted by Crippen LogP contribution is 2.29. The van der Waals surface area contributed by atoms with E-state index in [9.17, 15) is 4.79 Å². The van der Waals surface area contributed by atoms with E-state index in [-0.39, 0.29) is 11.5 Å². The minimum absolute atomic E-state index is 0.193. The van der Waals surface area contributed by atoms with Crippen molar-refractivity contribution < 1.29 is 9.53 Å². The Balaban J connectivity index is 2.00. The number of hydrogen-bond acceptors (Lipinski definition) is 3. The number of benzene rings is 1. The zero-order valence-electron chi connectivity index (χ0n) is 11.2. The number of nitrogens with one attached hydrogen (secondary N) is 1. The molecule has 1 aliphatic heterocycles. The van der Waals surface area contributed by atoms with E-state index in [4.69, 9.17) is 27.9 Å². The number of amides is 1. The van der Waals surface area contributed by atoms with E-state index in [0.717, 1.165) is 24.3 Å². The highest BCUT2D eigenvalue weighted by Gasteiger charge is 2.32. The summed E-state index contributed by atoms with van der Waals surface area (Å²) >= 11 is 13.8. The van der Waals surface area contributed by atoms with Crippen LogP contribution in [0.4, 0.5) is 0 Å². The zero-order chi connectivity index (χ0) is 14.6. The van der Waals surface area contributed by atoms with Crippen LogP contribution in [0.25, 0.3) is 0 Å². The van der Waals surface area contributed by atoms with Gasteiger partial charge in [0.15, 0.2) is 0 Å². The fourth-order valence-corrected chi connectivity index (χ4v) is 3.94. The lowest BCUT2D eigenvalue weighted by Crippen LogP contribution is -2.46. The molecular weight excluding hydrogens is 317 g/mol. The lowest BCUT2D eigenvalue weighted by atomic mass is 9.96. The van der Waals surface area contributed by atoms with Gasteiger partial charge >= 0.3 is 0 Å². The van der Waals surface area contributed by atoms with Gasteiger partial charge in [-0.1, -0.05) is 23.2 Å². The largest absolute Gasteiger partial charge is 0.376 e. The Labute approximate surface area is 133 Å². The molecule has 0 radical (unpaired) electrons. The second-order valence-corrected chi connectivity index (χ2v) is 6.87. The maximum atomic E-state index is 12.2. The van der Waals surface area contributed by atoms with Crippen LogP contribution in [-0.4, -0.2) is 36.7 Å². The number of ether oxygens (including phenoxy) is 1. The summed E-state index contributed by atoms with van der Waals surface area (Å²) < 4.78 is 5.63. The Morgan fingerprint density at radius 1 is 1.40 bits per heavy atom. The van der Waals surface area contributed by atoms with Crippen molar-refractivity contribution in [2.45, 2.75) is 18.4 Å². The Kier molecular flexibility index (Phi) is 5.61. The topological polar surface area (TPSA) is 38.3 Å². The average Bonchev–Trinajstić information content (AvgIpc) is 2.46. The van der Waals surface area contributed by atoms with Crippen LogP contribution in [0.3, 0.4) is 0 Å². The lowest BCUT2D eigenvalue weighted by molar-refractivity contribution is -0.0149. The second-order valence-electron chi connectivity index (χ2n) is 4.81. The highest BCUT2D eigenvalue weighted by molar-refractivity contribution is 7.99. The molecule has 0 aliphatic carbocycles. The van der Waals surface area contributed by atoms with Crippen LogP contribution in [0.15, 0.2) is 18.2 Å². The van der Waals surface area contributed by atoms with Crippen molar-refractivity contribution >= 4 is 40.9 Å². The van der Waals surface area contributed by atoms with Crippen molar-refractivity contribution in [2.75, 3.05) is 25.2 Å². The quantitative estimate of drug-likeness (QED) is 0.914. The molecule has 0 spiro atoms. The Morgan fingerprint density at radius 3 is 2.70 bits per heavy atom. The summed E-state index contributed by atoms with van der Waals surface area (Å²) in [5.74, 6) is 1.93. The van der Waals surface area contributed by atoms with Crippen LogP contribution in [0.2, 0.25) is 10.0 Å². The van der Waals surface area contributed by atoms with Crippen molar-refractivity contribution in [3.05, 3.63) is 33.8 Å². The van der Waals surface area contributed by atoms with Gasteiger partial charge in [0.25, 0.3) is 5.91 Å². The monoisotopic (exact) mass is 333 g/mol.